The second-order valence-corrected chi connectivity index (χ2v) is 5.93. The van der Waals surface area contributed by atoms with Crippen LogP contribution in [0, 0.1) is 0 Å². The van der Waals surface area contributed by atoms with E-state index >= 15 is 0 Å². The van der Waals surface area contributed by atoms with Crippen molar-refractivity contribution >= 4 is 29.2 Å². The van der Waals surface area contributed by atoms with Crippen LogP contribution in [0.15, 0.2) is 36.7 Å². The minimum atomic E-state index is -0.528. The molecule has 1 aliphatic heterocycles. The first kappa shape index (κ1) is 16.3. The fraction of sp³-hybridized carbons (Fsp3) is 0.312. The van der Waals surface area contributed by atoms with Crippen LogP contribution in [0.25, 0.3) is 5.69 Å². The second kappa shape index (κ2) is 7.35. The topological polar surface area (TPSA) is 88.1 Å². The van der Waals surface area contributed by atoms with Gasteiger partial charge in [0.2, 0.25) is 5.91 Å². The Morgan fingerprint density at radius 1 is 1.33 bits per heavy atom. The van der Waals surface area contributed by atoms with E-state index in [-0.39, 0.29) is 5.91 Å². The van der Waals surface area contributed by atoms with Crippen LogP contribution in [0.1, 0.15) is 19.3 Å². The van der Waals surface area contributed by atoms with Gasteiger partial charge in [0.25, 0.3) is 0 Å². The molecular weight excluding hydrogens is 330 g/mol. The maximum Gasteiger partial charge on any atom is 0.319 e. The molecule has 24 heavy (non-hydrogen) atoms. The van der Waals surface area contributed by atoms with E-state index in [1.807, 2.05) is 0 Å². The number of anilines is 1. The predicted octanol–water partition coefficient (Wildman–Crippen LogP) is 2.32. The fourth-order valence-corrected chi connectivity index (χ4v) is 2.90. The summed E-state index contributed by atoms with van der Waals surface area (Å²) in [5.41, 5.74) is 1.09. The summed E-state index contributed by atoms with van der Waals surface area (Å²) in [7, 11) is 0. The Bertz CT molecular complexity index is 732. The van der Waals surface area contributed by atoms with Gasteiger partial charge < -0.3 is 16.0 Å². The fourth-order valence-electron chi connectivity index (χ4n) is 2.64. The molecule has 1 aliphatic rings. The quantitative estimate of drug-likeness (QED) is 0.796. The van der Waals surface area contributed by atoms with Crippen LogP contribution in [-0.2, 0) is 4.79 Å². The Labute approximate surface area is 144 Å². The average Bonchev–Trinajstić information content (AvgIpc) is 3.00. The average molecular weight is 348 g/mol. The highest BCUT2D eigenvalue weighted by Crippen LogP contribution is 2.27. The Morgan fingerprint density at radius 3 is 3.00 bits per heavy atom. The summed E-state index contributed by atoms with van der Waals surface area (Å²) in [5, 5.41) is 12.9. The number of carbonyl (C=O) groups excluding carboxylic acids is 2. The molecule has 126 valence electrons. The largest absolute Gasteiger partial charge is 0.354 e. The number of aromatic nitrogens is 2. The third-order valence-electron chi connectivity index (χ3n) is 3.81. The maximum atomic E-state index is 12.3. The predicted molar refractivity (Wildman–Crippen MR) is 91.4 cm³/mol. The van der Waals surface area contributed by atoms with Crippen molar-refractivity contribution in [3.05, 3.63) is 41.7 Å². The van der Waals surface area contributed by atoms with Gasteiger partial charge in [-0.05, 0) is 37.5 Å². The van der Waals surface area contributed by atoms with Crippen molar-refractivity contribution in [2.24, 2.45) is 0 Å². The van der Waals surface area contributed by atoms with Gasteiger partial charge in [0, 0.05) is 18.9 Å². The summed E-state index contributed by atoms with van der Waals surface area (Å²) in [6.07, 6.45) is 5.80. The minimum absolute atomic E-state index is 0.152. The number of urea groups is 1. The van der Waals surface area contributed by atoms with Crippen LogP contribution in [0.5, 0.6) is 0 Å². The third kappa shape index (κ3) is 3.68. The van der Waals surface area contributed by atoms with Gasteiger partial charge in [0.05, 0.1) is 10.7 Å². The zero-order valence-electron chi connectivity index (χ0n) is 13.0. The summed E-state index contributed by atoms with van der Waals surface area (Å²) in [5.74, 6) is -0.152. The summed E-state index contributed by atoms with van der Waals surface area (Å²) in [6, 6.07) is 5.98. The number of rotatable bonds is 3. The highest BCUT2D eigenvalue weighted by Gasteiger charge is 2.23. The number of amides is 3. The molecule has 3 rings (SSSR count). The molecule has 0 saturated carbocycles. The monoisotopic (exact) mass is 347 g/mol. The highest BCUT2D eigenvalue weighted by atomic mass is 35.5. The molecule has 3 amide bonds. The van der Waals surface area contributed by atoms with Crippen molar-refractivity contribution in [3.63, 3.8) is 0 Å². The molecule has 2 aromatic rings. The smallest absolute Gasteiger partial charge is 0.319 e. The van der Waals surface area contributed by atoms with Crippen LogP contribution in [0.4, 0.5) is 10.5 Å². The Kier molecular flexibility index (Phi) is 5.00. The van der Waals surface area contributed by atoms with Crippen molar-refractivity contribution in [1.29, 1.82) is 0 Å². The standard InChI is InChI=1S/C16H18ClN5O2/c17-11-5-3-7-12(14(11)22-10-4-9-19-22)20-16(24)21-13-6-1-2-8-18-15(13)23/h3-5,7,9-10,13H,1-2,6,8H2,(H,18,23)(H2,20,21,24)/t13-/m0/s1. The van der Waals surface area contributed by atoms with Crippen LogP contribution in [-0.4, -0.2) is 34.3 Å². The summed E-state index contributed by atoms with van der Waals surface area (Å²) in [6.45, 7) is 0.649. The van der Waals surface area contributed by atoms with E-state index < -0.39 is 12.1 Å². The van der Waals surface area contributed by atoms with Gasteiger partial charge in [-0.15, -0.1) is 0 Å². The number of benzene rings is 1. The van der Waals surface area contributed by atoms with Gasteiger partial charge in [-0.25, -0.2) is 9.48 Å². The van der Waals surface area contributed by atoms with Crippen LogP contribution in [0.3, 0.4) is 0 Å². The molecule has 0 spiro atoms. The number of hydrogen-bond acceptors (Lipinski definition) is 3. The Hall–Kier alpha value is -2.54. The summed E-state index contributed by atoms with van der Waals surface area (Å²) < 4.78 is 1.58. The van der Waals surface area contributed by atoms with Gasteiger partial charge in [0.15, 0.2) is 0 Å². The molecule has 1 aromatic heterocycles. The molecule has 0 radical (unpaired) electrons. The lowest BCUT2D eigenvalue weighted by molar-refractivity contribution is -0.122. The lowest BCUT2D eigenvalue weighted by Crippen LogP contribution is -2.47. The number of nitrogens with one attached hydrogen (secondary N) is 3. The molecule has 3 N–H and O–H groups in total. The van der Waals surface area contributed by atoms with Crippen molar-refractivity contribution in [3.8, 4) is 5.69 Å². The van der Waals surface area contributed by atoms with Crippen molar-refractivity contribution in [2.75, 3.05) is 11.9 Å². The van der Waals surface area contributed by atoms with Crippen molar-refractivity contribution in [1.82, 2.24) is 20.4 Å². The van der Waals surface area contributed by atoms with Crippen LogP contribution < -0.4 is 16.0 Å². The molecule has 1 atom stereocenters. The number of halogens is 1. The van der Waals surface area contributed by atoms with E-state index in [9.17, 15) is 9.59 Å². The lowest BCUT2D eigenvalue weighted by Gasteiger charge is -2.17. The SMILES string of the molecule is O=C(Nc1cccc(Cl)c1-n1cccn1)N[C@H]1CCCCNC1=O. The van der Waals surface area contributed by atoms with E-state index in [2.05, 4.69) is 21.0 Å². The van der Waals surface area contributed by atoms with Gasteiger partial charge in [-0.3, -0.25) is 4.79 Å². The molecule has 7 nitrogen and oxygen atoms in total. The zero-order valence-corrected chi connectivity index (χ0v) is 13.7. The van der Waals surface area contributed by atoms with E-state index in [4.69, 9.17) is 11.6 Å². The second-order valence-electron chi connectivity index (χ2n) is 5.52. The molecule has 1 fully saturated rings. The van der Waals surface area contributed by atoms with E-state index in [0.717, 1.165) is 12.8 Å². The van der Waals surface area contributed by atoms with Crippen LogP contribution >= 0.6 is 11.6 Å². The van der Waals surface area contributed by atoms with E-state index in [0.29, 0.717) is 29.4 Å². The number of para-hydroxylation sites is 1. The Balaban J connectivity index is 1.75. The molecule has 1 saturated heterocycles. The lowest BCUT2D eigenvalue weighted by atomic mass is 10.1. The number of hydrogen-bond donors (Lipinski definition) is 3. The molecule has 8 heteroatoms. The molecule has 0 unspecified atom stereocenters. The first-order valence-corrected chi connectivity index (χ1v) is 8.17. The van der Waals surface area contributed by atoms with Gasteiger partial charge in [-0.1, -0.05) is 17.7 Å². The molecule has 1 aromatic carbocycles. The van der Waals surface area contributed by atoms with E-state index in [1.54, 1.807) is 41.3 Å². The number of nitrogens with zero attached hydrogens (tertiary/aromatic N) is 2. The first-order valence-electron chi connectivity index (χ1n) is 7.79. The third-order valence-corrected chi connectivity index (χ3v) is 4.11. The molecule has 0 aliphatic carbocycles. The maximum absolute atomic E-state index is 12.3. The molecule has 0 bridgehead atoms. The van der Waals surface area contributed by atoms with Crippen molar-refractivity contribution < 1.29 is 9.59 Å². The van der Waals surface area contributed by atoms with E-state index in [1.165, 1.54) is 0 Å². The Morgan fingerprint density at radius 2 is 2.21 bits per heavy atom. The van der Waals surface area contributed by atoms with Gasteiger partial charge in [0.1, 0.15) is 11.7 Å². The minimum Gasteiger partial charge on any atom is -0.354 e. The summed E-state index contributed by atoms with van der Waals surface area (Å²) in [4.78, 5) is 24.2. The summed E-state index contributed by atoms with van der Waals surface area (Å²) >= 11 is 6.24. The van der Waals surface area contributed by atoms with Gasteiger partial charge >= 0.3 is 6.03 Å². The highest BCUT2D eigenvalue weighted by molar-refractivity contribution is 6.33. The van der Waals surface area contributed by atoms with Gasteiger partial charge in [-0.2, -0.15) is 5.10 Å². The van der Waals surface area contributed by atoms with Crippen LogP contribution in [0.2, 0.25) is 5.02 Å². The number of carbonyl (C=O) groups is 2. The first-order chi connectivity index (χ1) is 11.6. The molecule has 2 heterocycles. The normalized spacial score (nSPS) is 17.7. The zero-order chi connectivity index (χ0) is 16.9. The van der Waals surface area contributed by atoms with Crippen molar-refractivity contribution in [2.45, 2.75) is 25.3 Å². The molecular formula is C16H18ClN5O2.